The first-order valence-electron chi connectivity index (χ1n) is 2.10. The topological polar surface area (TPSA) is 38.0 Å². The predicted molar refractivity (Wildman–Crippen MR) is 27.0 cm³/mol. The fourth-order valence-electron chi connectivity index (χ4n) is 0.228. The van der Waals surface area contributed by atoms with E-state index in [2.05, 4.69) is 5.32 Å². The van der Waals surface area contributed by atoms with Crippen molar-refractivity contribution in [2.24, 2.45) is 5.73 Å². The van der Waals surface area contributed by atoms with Gasteiger partial charge in [0.1, 0.15) is 0 Å². The zero-order chi connectivity index (χ0) is 4.83. The van der Waals surface area contributed by atoms with Crippen molar-refractivity contribution in [1.29, 1.82) is 0 Å². The van der Waals surface area contributed by atoms with E-state index in [-0.39, 0.29) is 39.9 Å². The summed E-state index contributed by atoms with van der Waals surface area (Å²) in [5, 5.41) is 2.96. The van der Waals surface area contributed by atoms with Gasteiger partial charge in [0.25, 0.3) is 0 Å². The molecule has 0 saturated heterocycles. The molecule has 0 aliphatic carbocycles. The maximum Gasteiger partial charge on any atom is 0 e. The van der Waals surface area contributed by atoms with Gasteiger partial charge in [0.2, 0.25) is 0 Å². The van der Waals surface area contributed by atoms with Crippen molar-refractivity contribution in [1.82, 2.24) is 5.32 Å². The molecule has 0 aliphatic heterocycles. The van der Waals surface area contributed by atoms with E-state index in [9.17, 15) is 0 Å². The van der Waals surface area contributed by atoms with E-state index in [1.165, 1.54) is 0 Å². The maximum atomic E-state index is 5.05. The van der Waals surface area contributed by atoms with Crippen molar-refractivity contribution in [2.75, 3.05) is 13.6 Å². The van der Waals surface area contributed by atoms with Gasteiger partial charge in [-0.15, -0.1) is 0 Å². The first-order valence-corrected chi connectivity index (χ1v) is 2.10. The molecule has 2 nitrogen and oxygen atoms in total. The molecule has 0 bridgehead atoms. The van der Waals surface area contributed by atoms with Gasteiger partial charge in [-0.05, 0) is 13.6 Å². The molecule has 3 N–H and O–H groups in total. The van der Waals surface area contributed by atoms with E-state index in [1.807, 2.05) is 7.05 Å². The largest absolute Gasteiger partial charge is 0.483 e. The molecule has 7 heavy (non-hydrogen) atoms. The molecule has 3 heteroatoms. The minimum Gasteiger partial charge on any atom is -0.483 e. The number of nitrogens with one attached hydrogen (secondary N) is 1. The molecule has 0 saturated carbocycles. The SMILES string of the molecule is CNCC[CH-]N.[Gd]. The summed E-state index contributed by atoms with van der Waals surface area (Å²) in [6.45, 7) is 2.63. The summed E-state index contributed by atoms with van der Waals surface area (Å²) in [5.41, 5.74) is 5.05. The Bertz CT molecular complexity index is 21.7. The van der Waals surface area contributed by atoms with Crippen molar-refractivity contribution >= 4 is 0 Å². The molecule has 0 unspecified atom stereocenters. The van der Waals surface area contributed by atoms with Gasteiger partial charge in [-0.3, -0.25) is 6.54 Å². The van der Waals surface area contributed by atoms with Crippen LogP contribution in [-0.4, -0.2) is 13.6 Å². The predicted octanol–water partition coefficient (Wildman–Crippen LogP) is -0.284. The van der Waals surface area contributed by atoms with Crippen LogP contribution in [0.4, 0.5) is 0 Å². The molecule has 0 fully saturated rings. The van der Waals surface area contributed by atoms with Crippen molar-refractivity contribution < 1.29 is 39.9 Å². The summed E-state index contributed by atoms with van der Waals surface area (Å²) in [6, 6.07) is 0. The third kappa shape index (κ3) is 11.1. The number of nitrogens with two attached hydrogens (primary N) is 1. The summed E-state index contributed by atoms with van der Waals surface area (Å²) in [6.07, 6.45) is 0.955. The summed E-state index contributed by atoms with van der Waals surface area (Å²) < 4.78 is 0. The molecule has 0 heterocycles. The van der Waals surface area contributed by atoms with Gasteiger partial charge in [-0.2, -0.15) is 6.42 Å². The summed E-state index contributed by atoms with van der Waals surface area (Å²) in [7, 11) is 1.91. The van der Waals surface area contributed by atoms with Crippen LogP contribution in [-0.2, 0) is 0 Å². The third-order valence-electron chi connectivity index (χ3n) is 0.561. The van der Waals surface area contributed by atoms with Crippen LogP contribution in [0, 0.1) is 46.5 Å². The number of rotatable bonds is 3. The Morgan fingerprint density at radius 2 is 2.29 bits per heavy atom. The van der Waals surface area contributed by atoms with Gasteiger partial charge in [-0.25, -0.2) is 0 Å². The van der Waals surface area contributed by atoms with Crippen molar-refractivity contribution in [3.63, 3.8) is 0 Å². The second-order valence-electron chi connectivity index (χ2n) is 1.13. The smallest absolute Gasteiger partial charge is 0 e. The normalized spacial score (nSPS) is 7.71. The zero-order valence-electron chi connectivity index (χ0n) is 4.42. The monoisotopic (exact) mass is 245 g/mol. The molecule has 46 valence electrons. The Morgan fingerprint density at radius 1 is 1.71 bits per heavy atom. The molecule has 0 spiro atoms. The van der Waals surface area contributed by atoms with E-state index in [0.29, 0.717) is 0 Å². The fraction of sp³-hybridized carbons (Fsp3) is 0.750. The van der Waals surface area contributed by atoms with Crippen molar-refractivity contribution in [2.45, 2.75) is 6.42 Å². The average Bonchev–Trinajstić information content (AvgIpc) is 1.61. The Balaban J connectivity index is 0. The van der Waals surface area contributed by atoms with Crippen LogP contribution in [0.1, 0.15) is 6.42 Å². The quantitative estimate of drug-likeness (QED) is 0.529. The van der Waals surface area contributed by atoms with Crippen LogP contribution in [0.2, 0.25) is 0 Å². The first-order chi connectivity index (χ1) is 2.91. The molecule has 0 amide bonds. The van der Waals surface area contributed by atoms with Crippen LogP contribution >= 0.6 is 0 Å². The summed E-state index contributed by atoms with van der Waals surface area (Å²) in [5.74, 6) is 0. The molecular weight excluding hydrogens is 233 g/mol. The molecule has 0 atom stereocenters. The average molecular weight is 244 g/mol. The zero-order valence-corrected chi connectivity index (χ0v) is 6.69. The minimum atomic E-state index is 0. The van der Waals surface area contributed by atoms with Crippen molar-refractivity contribution in [3.05, 3.63) is 6.54 Å². The maximum absolute atomic E-state index is 5.05. The Morgan fingerprint density at radius 3 is 2.43 bits per heavy atom. The Hall–Kier alpha value is 1.24. The first kappa shape index (κ1) is 11.1. The summed E-state index contributed by atoms with van der Waals surface area (Å²) in [4.78, 5) is 0. The standard InChI is InChI=1S/C4H11N2.Gd/c1-6-4-2-3-5;/h3,6H,2,4-5H2,1H3;/q-1;. The molecule has 0 radical (unpaired) electrons. The summed E-state index contributed by atoms with van der Waals surface area (Å²) >= 11 is 0. The Kier molecular flexibility index (Phi) is 16.3. The van der Waals surface area contributed by atoms with Crippen LogP contribution in [0.5, 0.6) is 0 Å². The van der Waals surface area contributed by atoms with E-state index in [0.717, 1.165) is 13.0 Å². The minimum absolute atomic E-state index is 0. The van der Waals surface area contributed by atoms with Gasteiger partial charge in [0, 0.05) is 39.9 Å². The van der Waals surface area contributed by atoms with Crippen LogP contribution in [0.15, 0.2) is 0 Å². The fourth-order valence-corrected chi connectivity index (χ4v) is 0.228. The van der Waals surface area contributed by atoms with Gasteiger partial charge in [0.05, 0.1) is 0 Å². The van der Waals surface area contributed by atoms with Gasteiger partial charge in [-0.1, -0.05) is 0 Å². The van der Waals surface area contributed by atoms with Gasteiger partial charge in [0.15, 0.2) is 0 Å². The van der Waals surface area contributed by atoms with Crippen LogP contribution in [0.3, 0.4) is 0 Å². The van der Waals surface area contributed by atoms with E-state index < -0.39 is 0 Å². The second kappa shape index (κ2) is 10.3. The third-order valence-corrected chi connectivity index (χ3v) is 0.561. The van der Waals surface area contributed by atoms with Gasteiger partial charge < -0.3 is 11.1 Å². The second-order valence-corrected chi connectivity index (χ2v) is 1.13. The van der Waals surface area contributed by atoms with E-state index in [1.54, 1.807) is 6.54 Å². The number of hydrogen-bond acceptors (Lipinski definition) is 2. The molecule has 0 aromatic carbocycles. The Labute approximate surface area is 76.9 Å². The van der Waals surface area contributed by atoms with E-state index >= 15 is 0 Å². The molecule has 0 aliphatic rings. The van der Waals surface area contributed by atoms with Crippen molar-refractivity contribution in [3.8, 4) is 0 Å². The van der Waals surface area contributed by atoms with Crippen LogP contribution in [0.25, 0.3) is 0 Å². The molecule has 0 aromatic heterocycles. The van der Waals surface area contributed by atoms with Crippen LogP contribution < -0.4 is 11.1 Å². The van der Waals surface area contributed by atoms with Gasteiger partial charge >= 0.3 is 0 Å². The number of hydrogen-bond donors (Lipinski definition) is 2. The molecule has 0 rings (SSSR count). The molecule has 0 aromatic rings. The van der Waals surface area contributed by atoms with E-state index in [4.69, 9.17) is 5.73 Å². The molecular formula is C4H11GdN2-.